The van der Waals surface area contributed by atoms with E-state index in [0.29, 0.717) is 19.4 Å². The van der Waals surface area contributed by atoms with Gasteiger partial charge in [-0.1, -0.05) is 49.0 Å². The molecule has 4 rings (SSSR count). The number of aliphatic hydroxyl groups is 1. The van der Waals surface area contributed by atoms with Gasteiger partial charge in [0.25, 0.3) is 0 Å². The second-order valence-electron chi connectivity index (χ2n) is 10.8. The molecular formula is C29H38O7. The summed E-state index contributed by atoms with van der Waals surface area (Å²) in [5.41, 5.74) is 1.74. The average molecular weight is 499 g/mol. The largest absolute Gasteiger partial charge is 0.462 e. The van der Waals surface area contributed by atoms with Crippen molar-refractivity contribution < 1.29 is 33.6 Å². The summed E-state index contributed by atoms with van der Waals surface area (Å²) in [6, 6.07) is 0. The summed E-state index contributed by atoms with van der Waals surface area (Å²) in [6.45, 7) is 12.5. The zero-order valence-corrected chi connectivity index (χ0v) is 21.7. The molecule has 2 heterocycles. The highest BCUT2D eigenvalue weighted by Gasteiger charge is 2.68. The van der Waals surface area contributed by atoms with Gasteiger partial charge in [0.2, 0.25) is 0 Å². The van der Waals surface area contributed by atoms with E-state index in [1.807, 2.05) is 6.92 Å². The third-order valence-electron chi connectivity index (χ3n) is 8.44. The van der Waals surface area contributed by atoms with Crippen LogP contribution < -0.4 is 0 Å². The molecule has 1 spiro atoms. The van der Waals surface area contributed by atoms with E-state index in [1.54, 1.807) is 25.2 Å². The number of carbonyl (C=O) groups is 2. The summed E-state index contributed by atoms with van der Waals surface area (Å²) < 4.78 is 24.2. The van der Waals surface area contributed by atoms with Crippen LogP contribution in [0.4, 0.5) is 0 Å². The highest BCUT2D eigenvalue weighted by molar-refractivity contribution is 5.83. The standard InChI is InChI=1S/C29H38O7/c1-18-10-12-29-17-34-27(32)15-19(2)11-13-33-22(21(4)30)8-6-7-9-26(31)36-24-16-23(35-25(29)14-18)20(3)28(24,29)5/h6-9,14-15,21-25,30H,3,10-13,16-17H2,1-2,4-5H3/b8-6-,9-7-,19-15-/t21-,22-,23-,24-,25-,28-,29-/m1/s1. The van der Waals surface area contributed by atoms with Crippen LogP contribution in [-0.4, -0.2) is 60.8 Å². The molecular weight excluding hydrogens is 460 g/mol. The number of hydrogen-bond donors (Lipinski definition) is 1. The van der Waals surface area contributed by atoms with Crippen molar-refractivity contribution in [3.05, 3.63) is 59.8 Å². The van der Waals surface area contributed by atoms with Crippen LogP contribution in [0.15, 0.2) is 59.8 Å². The van der Waals surface area contributed by atoms with Crippen LogP contribution >= 0.6 is 0 Å². The topological polar surface area (TPSA) is 91.3 Å². The van der Waals surface area contributed by atoms with Gasteiger partial charge >= 0.3 is 11.9 Å². The predicted molar refractivity (Wildman–Crippen MR) is 135 cm³/mol. The minimum Gasteiger partial charge on any atom is -0.462 e. The zero-order chi connectivity index (χ0) is 26.1. The van der Waals surface area contributed by atoms with E-state index in [4.69, 9.17) is 18.9 Å². The fourth-order valence-electron chi connectivity index (χ4n) is 6.04. The van der Waals surface area contributed by atoms with E-state index < -0.39 is 41.1 Å². The van der Waals surface area contributed by atoms with Gasteiger partial charge in [0.1, 0.15) is 18.8 Å². The Morgan fingerprint density at radius 3 is 2.67 bits per heavy atom. The van der Waals surface area contributed by atoms with Gasteiger partial charge in [-0.25, -0.2) is 9.59 Å². The van der Waals surface area contributed by atoms with Crippen molar-refractivity contribution >= 4 is 11.9 Å². The van der Waals surface area contributed by atoms with Crippen LogP contribution in [0.5, 0.6) is 0 Å². The number of esters is 2. The zero-order valence-electron chi connectivity index (χ0n) is 21.7. The number of hydrogen-bond acceptors (Lipinski definition) is 7. The molecule has 196 valence electrons. The molecule has 4 aliphatic rings. The summed E-state index contributed by atoms with van der Waals surface area (Å²) in [6.07, 6.45) is 10.3. The number of fused-ring (bicyclic) bond motifs is 1. The predicted octanol–water partition coefficient (Wildman–Crippen LogP) is 4.13. The Kier molecular flexibility index (Phi) is 7.74. The summed E-state index contributed by atoms with van der Waals surface area (Å²) in [4.78, 5) is 25.7. The smallest absolute Gasteiger partial charge is 0.331 e. The fraction of sp³-hybridized carbons (Fsp3) is 0.586. The van der Waals surface area contributed by atoms with Gasteiger partial charge in [-0.05, 0) is 45.6 Å². The molecule has 7 heteroatoms. The highest BCUT2D eigenvalue weighted by atomic mass is 16.6. The van der Waals surface area contributed by atoms with Crippen LogP contribution in [0, 0.1) is 10.8 Å². The van der Waals surface area contributed by atoms with Gasteiger partial charge < -0.3 is 24.1 Å². The van der Waals surface area contributed by atoms with Crippen LogP contribution in [0.1, 0.15) is 53.4 Å². The Labute approximate surface area is 213 Å². The number of ether oxygens (including phenoxy) is 4. The third kappa shape index (κ3) is 4.89. The van der Waals surface area contributed by atoms with Crippen LogP contribution in [-0.2, 0) is 28.5 Å². The van der Waals surface area contributed by atoms with Crippen molar-refractivity contribution in [3.8, 4) is 0 Å². The van der Waals surface area contributed by atoms with Crippen LogP contribution in [0.25, 0.3) is 0 Å². The maximum atomic E-state index is 12.8. The van der Waals surface area contributed by atoms with Gasteiger partial charge in [0, 0.05) is 29.4 Å². The average Bonchev–Trinajstić information content (AvgIpc) is 2.98. The van der Waals surface area contributed by atoms with Crippen molar-refractivity contribution in [1.82, 2.24) is 0 Å². The SMILES string of the molecule is C=C1[C@H]2C[C@H]3OC(=O)/C=C\C=C/[C@H]([C@@H](C)O)OCC/C(C)=C\C(=O)OC[C@@]4(CCC(C)=C[C@H]4O2)[C@]13C. The first-order valence-corrected chi connectivity index (χ1v) is 12.8. The van der Waals surface area contributed by atoms with Gasteiger partial charge in [-0.2, -0.15) is 0 Å². The first-order valence-electron chi connectivity index (χ1n) is 12.8. The summed E-state index contributed by atoms with van der Waals surface area (Å²) in [7, 11) is 0. The van der Waals surface area contributed by atoms with E-state index in [0.717, 1.165) is 24.0 Å². The van der Waals surface area contributed by atoms with Gasteiger partial charge in [-0.15, -0.1) is 0 Å². The molecule has 2 bridgehead atoms. The van der Waals surface area contributed by atoms with E-state index in [1.165, 1.54) is 17.7 Å². The van der Waals surface area contributed by atoms with E-state index in [9.17, 15) is 14.7 Å². The molecule has 1 N–H and O–H groups in total. The first kappa shape index (κ1) is 26.6. The number of cyclic esters (lactones) is 1. The van der Waals surface area contributed by atoms with Gasteiger partial charge in [-0.3, -0.25) is 0 Å². The normalized spacial score (nSPS) is 41.9. The molecule has 7 nitrogen and oxygen atoms in total. The maximum Gasteiger partial charge on any atom is 0.331 e. The molecule has 7 atom stereocenters. The minimum absolute atomic E-state index is 0.138. The Balaban J connectivity index is 1.70. The molecule has 2 aliphatic heterocycles. The van der Waals surface area contributed by atoms with Crippen molar-refractivity contribution in [2.75, 3.05) is 13.2 Å². The van der Waals surface area contributed by atoms with Crippen molar-refractivity contribution in [1.29, 1.82) is 0 Å². The van der Waals surface area contributed by atoms with E-state index in [2.05, 4.69) is 26.5 Å². The molecule has 0 radical (unpaired) electrons. The Hall–Kier alpha value is -2.48. The Morgan fingerprint density at radius 1 is 1.14 bits per heavy atom. The van der Waals surface area contributed by atoms with Crippen LogP contribution in [0.3, 0.4) is 0 Å². The monoisotopic (exact) mass is 498 g/mol. The quantitative estimate of drug-likeness (QED) is 0.429. The van der Waals surface area contributed by atoms with E-state index >= 15 is 0 Å². The molecule has 36 heavy (non-hydrogen) atoms. The molecule has 2 aliphatic carbocycles. The number of allylic oxidation sites excluding steroid dienone is 3. The molecule has 0 aromatic rings. The van der Waals surface area contributed by atoms with Crippen molar-refractivity contribution in [3.63, 3.8) is 0 Å². The summed E-state index contributed by atoms with van der Waals surface area (Å²) in [5.74, 6) is -0.891. The Bertz CT molecular complexity index is 1020. The lowest BCUT2D eigenvalue weighted by molar-refractivity contribution is -0.181. The summed E-state index contributed by atoms with van der Waals surface area (Å²) in [5, 5.41) is 10.0. The van der Waals surface area contributed by atoms with Crippen molar-refractivity contribution in [2.45, 2.75) is 83.9 Å². The molecule has 0 amide bonds. The van der Waals surface area contributed by atoms with E-state index in [-0.39, 0.29) is 18.8 Å². The summed E-state index contributed by atoms with van der Waals surface area (Å²) >= 11 is 0. The lowest BCUT2D eigenvalue weighted by Gasteiger charge is -2.56. The second kappa shape index (κ2) is 10.5. The molecule has 1 saturated carbocycles. The molecule has 0 aromatic carbocycles. The van der Waals surface area contributed by atoms with Gasteiger partial charge in [0.15, 0.2) is 0 Å². The van der Waals surface area contributed by atoms with Gasteiger partial charge in [0.05, 0.1) is 24.9 Å². The Morgan fingerprint density at radius 2 is 1.92 bits per heavy atom. The molecule has 2 fully saturated rings. The third-order valence-corrected chi connectivity index (χ3v) is 8.44. The lowest BCUT2D eigenvalue weighted by atomic mass is 9.53. The number of carbonyl (C=O) groups excluding carboxylic acids is 2. The lowest BCUT2D eigenvalue weighted by Crippen LogP contribution is -2.60. The second-order valence-corrected chi connectivity index (χ2v) is 10.8. The van der Waals surface area contributed by atoms with Crippen LogP contribution in [0.2, 0.25) is 0 Å². The minimum atomic E-state index is -0.734. The molecule has 1 saturated heterocycles. The maximum absolute atomic E-state index is 12.8. The molecule has 0 aromatic heterocycles. The molecule has 0 unspecified atom stereocenters. The number of aliphatic hydroxyl groups excluding tert-OH is 1. The highest BCUT2D eigenvalue weighted by Crippen LogP contribution is 2.65. The van der Waals surface area contributed by atoms with Crippen molar-refractivity contribution in [2.24, 2.45) is 10.8 Å². The number of rotatable bonds is 1. The first-order chi connectivity index (χ1) is 17.1. The fourth-order valence-corrected chi connectivity index (χ4v) is 6.04.